The number of aliphatic hydroxyl groups excluding tert-OH is 2. The van der Waals surface area contributed by atoms with Crippen LogP contribution in [-0.4, -0.2) is 47.2 Å². The highest BCUT2D eigenvalue weighted by Crippen LogP contribution is 2.66. The normalized spacial score (nSPS) is 52.4. The molecule has 5 heteroatoms. The molecule has 0 spiro atoms. The third kappa shape index (κ3) is 2.28. The molecule has 2 heterocycles. The smallest absolute Gasteiger partial charge is 0.336 e. The summed E-state index contributed by atoms with van der Waals surface area (Å²) in [6, 6.07) is 0. The molecule has 25 heavy (non-hydrogen) atoms. The summed E-state index contributed by atoms with van der Waals surface area (Å²) in [6.07, 6.45) is 5.53. The van der Waals surface area contributed by atoms with Crippen molar-refractivity contribution in [3.05, 3.63) is 11.6 Å². The fourth-order valence-electron chi connectivity index (χ4n) is 6.61. The number of rotatable bonds is 2. The van der Waals surface area contributed by atoms with Gasteiger partial charge in [0.1, 0.15) is 6.61 Å². The standard InChI is InChI=1S/C20H30O5/c1-18-7-5-16(22)19(2,11-21)14(18)4-8-20(3)15(18)10-13(25-20)12-6-9-24-17(12)23/h6,13-16,21-22H,4-5,7-11H2,1-3H3/t13-,14+,15+,16-,18-,19+,20-/m1/s1. The second-order valence-electron chi connectivity index (χ2n) is 9.28. The first-order valence-electron chi connectivity index (χ1n) is 9.58. The summed E-state index contributed by atoms with van der Waals surface area (Å²) < 4.78 is 11.5. The van der Waals surface area contributed by atoms with E-state index >= 15 is 0 Å². The summed E-state index contributed by atoms with van der Waals surface area (Å²) >= 11 is 0. The van der Waals surface area contributed by atoms with Gasteiger partial charge in [0.05, 0.1) is 30.0 Å². The van der Waals surface area contributed by atoms with Crippen molar-refractivity contribution in [1.29, 1.82) is 0 Å². The van der Waals surface area contributed by atoms with Crippen molar-refractivity contribution < 1.29 is 24.5 Å². The zero-order chi connectivity index (χ0) is 18.0. The third-order valence-corrected chi connectivity index (χ3v) is 8.07. The van der Waals surface area contributed by atoms with Crippen LogP contribution in [0, 0.1) is 22.7 Å². The monoisotopic (exact) mass is 350 g/mol. The molecular weight excluding hydrogens is 320 g/mol. The van der Waals surface area contributed by atoms with Gasteiger partial charge in [-0.15, -0.1) is 0 Å². The van der Waals surface area contributed by atoms with Crippen molar-refractivity contribution in [2.75, 3.05) is 13.2 Å². The zero-order valence-corrected chi connectivity index (χ0v) is 15.5. The molecule has 2 aliphatic heterocycles. The molecule has 2 N–H and O–H groups in total. The van der Waals surface area contributed by atoms with Crippen molar-refractivity contribution in [2.45, 2.75) is 70.7 Å². The lowest BCUT2D eigenvalue weighted by Crippen LogP contribution is -2.61. The van der Waals surface area contributed by atoms with Gasteiger partial charge in [0, 0.05) is 5.41 Å². The number of esters is 1. The molecule has 0 aromatic heterocycles. The largest absolute Gasteiger partial charge is 0.458 e. The van der Waals surface area contributed by atoms with Crippen LogP contribution in [0.5, 0.6) is 0 Å². The van der Waals surface area contributed by atoms with E-state index in [4.69, 9.17) is 9.47 Å². The molecule has 0 radical (unpaired) electrons. The molecule has 0 aromatic carbocycles. The molecule has 0 amide bonds. The Labute approximate surface area is 149 Å². The van der Waals surface area contributed by atoms with Gasteiger partial charge in [-0.1, -0.05) is 13.8 Å². The van der Waals surface area contributed by atoms with E-state index in [1.165, 1.54) is 0 Å². The lowest BCUT2D eigenvalue weighted by Gasteiger charge is -2.61. The Morgan fingerprint density at radius 3 is 2.60 bits per heavy atom. The molecule has 2 aliphatic carbocycles. The first-order valence-corrected chi connectivity index (χ1v) is 9.58. The number of carbonyl (C=O) groups excluding carboxylic acids is 1. The highest BCUT2D eigenvalue weighted by atomic mass is 16.5. The molecule has 0 bridgehead atoms. The number of hydrogen-bond donors (Lipinski definition) is 2. The Morgan fingerprint density at radius 1 is 1.20 bits per heavy atom. The Morgan fingerprint density at radius 2 is 1.96 bits per heavy atom. The second kappa shape index (κ2) is 5.54. The van der Waals surface area contributed by atoms with Crippen LogP contribution in [0.4, 0.5) is 0 Å². The predicted molar refractivity (Wildman–Crippen MR) is 91.7 cm³/mol. The summed E-state index contributed by atoms with van der Waals surface area (Å²) in [5.41, 5.74) is -0.0332. The van der Waals surface area contributed by atoms with E-state index in [1.54, 1.807) is 0 Å². The topological polar surface area (TPSA) is 76.0 Å². The average molecular weight is 350 g/mol. The SMILES string of the molecule is C[C@]1(CO)[C@H]2CC[C@@]3(C)O[C@@H](C4=CCOC4=O)C[C@H]3[C@]2(C)CC[C@H]1O. The van der Waals surface area contributed by atoms with Gasteiger partial charge in [-0.2, -0.15) is 0 Å². The zero-order valence-electron chi connectivity index (χ0n) is 15.5. The molecule has 4 aliphatic rings. The minimum atomic E-state index is -0.460. The molecule has 3 fully saturated rings. The molecule has 5 nitrogen and oxygen atoms in total. The highest BCUT2D eigenvalue weighted by molar-refractivity contribution is 5.91. The van der Waals surface area contributed by atoms with Crippen LogP contribution in [0.1, 0.15) is 52.9 Å². The Kier molecular flexibility index (Phi) is 3.88. The Hall–Kier alpha value is -0.910. The molecule has 140 valence electrons. The van der Waals surface area contributed by atoms with Crippen LogP contribution in [0.25, 0.3) is 0 Å². The predicted octanol–water partition coefficient (Wildman–Crippen LogP) is 2.20. The number of fused-ring (bicyclic) bond motifs is 3. The first-order chi connectivity index (χ1) is 11.7. The molecular formula is C20H30O5. The average Bonchev–Trinajstić information content (AvgIpc) is 3.15. The van der Waals surface area contributed by atoms with E-state index in [-0.39, 0.29) is 35.6 Å². The Bertz CT molecular complexity index is 615. The van der Waals surface area contributed by atoms with Crippen LogP contribution in [0.15, 0.2) is 11.6 Å². The fourth-order valence-corrected chi connectivity index (χ4v) is 6.61. The quantitative estimate of drug-likeness (QED) is 0.747. The van der Waals surface area contributed by atoms with Crippen molar-refractivity contribution in [3.8, 4) is 0 Å². The van der Waals surface area contributed by atoms with Crippen LogP contribution in [0.2, 0.25) is 0 Å². The number of hydrogen-bond acceptors (Lipinski definition) is 5. The summed E-state index contributed by atoms with van der Waals surface area (Å²) in [6.45, 7) is 6.89. The molecule has 7 atom stereocenters. The Balaban J connectivity index is 1.67. The van der Waals surface area contributed by atoms with Crippen molar-refractivity contribution in [2.24, 2.45) is 22.7 Å². The first kappa shape index (κ1) is 17.5. The number of cyclic esters (lactones) is 1. The summed E-state index contributed by atoms with van der Waals surface area (Å²) in [5.74, 6) is 0.336. The van der Waals surface area contributed by atoms with Crippen LogP contribution >= 0.6 is 0 Å². The molecule has 1 saturated heterocycles. The van der Waals surface area contributed by atoms with Gasteiger partial charge in [0.25, 0.3) is 0 Å². The third-order valence-electron chi connectivity index (χ3n) is 8.07. The minimum absolute atomic E-state index is 0.00152. The van der Waals surface area contributed by atoms with Crippen molar-refractivity contribution in [3.63, 3.8) is 0 Å². The van der Waals surface area contributed by atoms with Gasteiger partial charge in [0.2, 0.25) is 0 Å². The van der Waals surface area contributed by atoms with Gasteiger partial charge in [0.15, 0.2) is 0 Å². The van der Waals surface area contributed by atoms with Crippen molar-refractivity contribution >= 4 is 5.97 Å². The lowest BCUT2D eigenvalue weighted by molar-refractivity contribution is -0.197. The maximum absolute atomic E-state index is 12.0. The number of ether oxygens (including phenoxy) is 2. The second-order valence-corrected chi connectivity index (χ2v) is 9.28. The van der Waals surface area contributed by atoms with E-state index in [9.17, 15) is 15.0 Å². The van der Waals surface area contributed by atoms with Gasteiger partial charge >= 0.3 is 5.97 Å². The van der Waals surface area contributed by atoms with E-state index in [1.807, 2.05) is 13.0 Å². The molecule has 2 saturated carbocycles. The fraction of sp³-hybridized carbons (Fsp3) is 0.850. The van der Waals surface area contributed by atoms with Crippen LogP contribution < -0.4 is 0 Å². The van der Waals surface area contributed by atoms with E-state index < -0.39 is 11.5 Å². The summed E-state index contributed by atoms with van der Waals surface area (Å²) in [4.78, 5) is 12.0. The number of aliphatic hydroxyl groups is 2. The molecule has 4 rings (SSSR count). The number of carbonyl (C=O) groups is 1. The highest BCUT2D eigenvalue weighted by Gasteiger charge is 2.65. The lowest BCUT2D eigenvalue weighted by atomic mass is 9.44. The van der Waals surface area contributed by atoms with Gasteiger partial charge < -0.3 is 19.7 Å². The van der Waals surface area contributed by atoms with E-state index in [0.717, 1.165) is 25.7 Å². The minimum Gasteiger partial charge on any atom is -0.458 e. The molecule has 0 unspecified atom stereocenters. The maximum atomic E-state index is 12.0. The van der Waals surface area contributed by atoms with Gasteiger partial charge in [-0.25, -0.2) is 4.79 Å². The van der Waals surface area contributed by atoms with Crippen LogP contribution in [0.3, 0.4) is 0 Å². The molecule has 0 aromatic rings. The van der Waals surface area contributed by atoms with E-state index in [0.29, 0.717) is 24.5 Å². The van der Waals surface area contributed by atoms with Gasteiger partial charge in [-0.3, -0.25) is 0 Å². The summed E-state index contributed by atoms with van der Waals surface area (Å²) in [5, 5.41) is 20.7. The van der Waals surface area contributed by atoms with Gasteiger partial charge in [-0.05, 0) is 62.4 Å². The van der Waals surface area contributed by atoms with E-state index in [2.05, 4.69) is 13.8 Å². The summed E-state index contributed by atoms with van der Waals surface area (Å²) in [7, 11) is 0. The van der Waals surface area contributed by atoms with Crippen LogP contribution in [-0.2, 0) is 14.3 Å². The maximum Gasteiger partial charge on any atom is 0.336 e. The van der Waals surface area contributed by atoms with Crippen molar-refractivity contribution in [1.82, 2.24) is 0 Å².